The zero-order chi connectivity index (χ0) is 53.0. The fraction of sp³-hybridized carbons (Fsp3) is 0.733. The Morgan fingerprint density at radius 2 is 0.845 bits per heavy atom. The predicted octanol–water partition coefficient (Wildman–Crippen LogP) is 0.512. The maximum absolute atomic E-state index is 13.0. The standard InChI is InChI=1S/C45H62O26/c1-18-31(15-32(60-22(5)48)38(63-25(8)51)35(18)61-23(6)49)68-43-41(66-28(11)54)39(64-26(9)52)34(17-58-21(4)47)70-45(43)71-37-30(13-14-56-33(37)16-57-20(3)46)69-44-42(67-29(12)55)40(65-27(10)53)36(19(2)59-44)62-24(7)50/h13-14,18-19,30-45H,15-17H2,1-12H3/t18?,19?,30-,31-,32?,33?,34?,35+,36-,37-,38+,39+,40?,41+,42+,43-,44-,45+/m1/s1. The monoisotopic (exact) mass is 1020 g/mol. The van der Waals surface area contributed by atoms with Gasteiger partial charge in [-0.3, -0.25) is 47.9 Å². The van der Waals surface area contributed by atoms with Crippen LogP contribution in [-0.4, -0.2) is 177 Å². The van der Waals surface area contributed by atoms with Crippen molar-refractivity contribution in [3.8, 4) is 0 Å². The van der Waals surface area contributed by atoms with E-state index in [0.29, 0.717) is 0 Å². The van der Waals surface area contributed by atoms with E-state index in [4.69, 9.17) is 75.8 Å². The van der Waals surface area contributed by atoms with E-state index in [9.17, 15) is 47.9 Å². The molecule has 71 heavy (non-hydrogen) atoms. The van der Waals surface area contributed by atoms with E-state index in [-0.39, 0.29) is 6.42 Å². The van der Waals surface area contributed by atoms with Crippen molar-refractivity contribution in [2.45, 2.75) is 194 Å². The van der Waals surface area contributed by atoms with Crippen LogP contribution in [0.3, 0.4) is 0 Å². The second-order valence-electron chi connectivity index (χ2n) is 17.0. The van der Waals surface area contributed by atoms with Gasteiger partial charge in [-0.1, -0.05) is 6.92 Å². The van der Waals surface area contributed by atoms with E-state index in [1.54, 1.807) is 6.92 Å². The molecule has 2 saturated heterocycles. The molecule has 398 valence electrons. The second-order valence-corrected chi connectivity index (χ2v) is 17.0. The Hall–Kier alpha value is -5.96. The summed E-state index contributed by atoms with van der Waals surface area (Å²) in [6, 6.07) is 0. The first-order chi connectivity index (χ1) is 33.2. The average Bonchev–Trinajstić information content (AvgIpc) is 3.23. The van der Waals surface area contributed by atoms with Crippen molar-refractivity contribution < 1.29 is 124 Å². The molecule has 3 fully saturated rings. The fourth-order valence-electron chi connectivity index (χ4n) is 8.47. The molecule has 3 heterocycles. The van der Waals surface area contributed by atoms with Crippen molar-refractivity contribution in [3.63, 3.8) is 0 Å². The van der Waals surface area contributed by atoms with Crippen molar-refractivity contribution in [1.82, 2.24) is 0 Å². The highest BCUT2D eigenvalue weighted by molar-refractivity contribution is 5.70. The molecule has 3 aliphatic heterocycles. The van der Waals surface area contributed by atoms with Crippen LogP contribution >= 0.6 is 0 Å². The van der Waals surface area contributed by atoms with Crippen LogP contribution in [0.2, 0.25) is 0 Å². The summed E-state index contributed by atoms with van der Waals surface area (Å²) in [6.45, 7) is 12.7. The molecule has 26 nitrogen and oxygen atoms in total. The first-order valence-electron chi connectivity index (χ1n) is 22.5. The molecule has 26 heteroatoms. The Kier molecular flexibility index (Phi) is 21.1. The summed E-state index contributed by atoms with van der Waals surface area (Å²) >= 11 is 0. The van der Waals surface area contributed by atoms with Crippen LogP contribution in [0.15, 0.2) is 12.3 Å². The molecule has 0 aromatic carbocycles. The Labute approximate surface area is 408 Å². The first kappa shape index (κ1) is 57.6. The SMILES string of the molecule is CC(=O)OCC1O[C@@H](O[C@H]2C(COC(C)=O)OC=C[C@H]2O[C@H]2OC(C)[C@@H](OC(C)=O)C(OC(C)=O)[C@@H]2OC(C)=O)[C@H](O[C@@H]2CC(OC(C)=O)[C@H](OC(C)=O)[C@@H](OC(C)=O)C2C)[C@@H](OC(C)=O)[C@H]1OC(C)=O. The predicted molar refractivity (Wildman–Crippen MR) is 227 cm³/mol. The van der Waals surface area contributed by atoms with Crippen LogP contribution in [0.4, 0.5) is 0 Å². The number of carbonyl (C=O) groups excluding carboxylic acids is 10. The van der Waals surface area contributed by atoms with Gasteiger partial charge in [0.1, 0.15) is 49.8 Å². The van der Waals surface area contributed by atoms with E-state index >= 15 is 0 Å². The van der Waals surface area contributed by atoms with Gasteiger partial charge in [-0.05, 0) is 13.0 Å². The minimum atomic E-state index is -1.85. The number of hydrogen-bond acceptors (Lipinski definition) is 26. The van der Waals surface area contributed by atoms with Gasteiger partial charge in [0.15, 0.2) is 55.3 Å². The van der Waals surface area contributed by atoms with E-state index in [0.717, 1.165) is 69.2 Å². The Bertz CT molecular complexity index is 1990. The number of hydrogen-bond donors (Lipinski definition) is 0. The molecule has 0 amide bonds. The smallest absolute Gasteiger partial charge is 0.303 e. The molecule has 18 atom stereocenters. The van der Waals surface area contributed by atoms with Gasteiger partial charge in [0.25, 0.3) is 0 Å². The van der Waals surface area contributed by atoms with Crippen LogP contribution in [-0.2, 0) is 124 Å². The van der Waals surface area contributed by atoms with Crippen molar-refractivity contribution in [1.29, 1.82) is 0 Å². The molecule has 1 saturated carbocycles. The highest BCUT2D eigenvalue weighted by atomic mass is 16.8. The highest BCUT2D eigenvalue weighted by Crippen LogP contribution is 2.40. The van der Waals surface area contributed by atoms with Crippen LogP contribution in [0.25, 0.3) is 0 Å². The van der Waals surface area contributed by atoms with Crippen LogP contribution < -0.4 is 0 Å². The molecule has 0 radical (unpaired) electrons. The summed E-state index contributed by atoms with van der Waals surface area (Å²) in [5.74, 6) is -9.29. The second kappa shape index (κ2) is 25.9. The lowest BCUT2D eigenvalue weighted by atomic mass is 9.80. The normalized spacial score (nSPS) is 34.4. The van der Waals surface area contributed by atoms with Gasteiger partial charge in [-0.25, -0.2) is 0 Å². The van der Waals surface area contributed by atoms with Crippen molar-refractivity contribution in [2.24, 2.45) is 5.92 Å². The zero-order valence-electron chi connectivity index (χ0n) is 41.3. The van der Waals surface area contributed by atoms with E-state index in [2.05, 4.69) is 0 Å². The van der Waals surface area contributed by atoms with Gasteiger partial charge >= 0.3 is 59.7 Å². The third kappa shape index (κ3) is 16.5. The number of esters is 10. The molecular formula is C45H62O26. The molecule has 4 aliphatic rings. The number of carbonyl (C=O) groups is 10. The van der Waals surface area contributed by atoms with Crippen LogP contribution in [0, 0.1) is 5.92 Å². The zero-order valence-corrected chi connectivity index (χ0v) is 41.3. The maximum atomic E-state index is 13.0. The van der Waals surface area contributed by atoms with Gasteiger partial charge < -0.3 is 75.8 Å². The van der Waals surface area contributed by atoms with Gasteiger partial charge in [0, 0.05) is 81.6 Å². The summed E-state index contributed by atoms with van der Waals surface area (Å²) in [6.07, 6.45) is -22.9. The summed E-state index contributed by atoms with van der Waals surface area (Å²) in [5.41, 5.74) is 0. The van der Waals surface area contributed by atoms with Crippen molar-refractivity contribution >= 4 is 59.7 Å². The lowest BCUT2D eigenvalue weighted by molar-refractivity contribution is -0.355. The molecule has 0 bridgehead atoms. The van der Waals surface area contributed by atoms with Gasteiger partial charge in [-0.2, -0.15) is 0 Å². The third-order valence-electron chi connectivity index (χ3n) is 11.0. The molecule has 6 unspecified atom stereocenters. The lowest BCUT2D eigenvalue weighted by Gasteiger charge is -2.50. The Balaban J connectivity index is 1.91. The lowest BCUT2D eigenvalue weighted by Crippen LogP contribution is -2.66. The van der Waals surface area contributed by atoms with E-state index < -0.39 is 183 Å². The minimum Gasteiger partial charge on any atom is -0.492 e. The topological polar surface area (TPSA) is 318 Å². The third-order valence-corrected chi connectivity index (χ3v) is 11.0. The Morgan fingerprint density at radius 3 is 1.37 bits per heavy atom. The summed E-state index contributed by atoms with van der Waals surface area (Å²) in [5, 5.41) is 0. The fourth-order valence-corrected chi connectivity index (χ4v) is 8.47. The summed E-state index contributed by atoms with van der Waals surface area (Å²) in [4.78, 5) is 125. The number of ether oxygens (including phenoxy) is 16. The molecule has 0 aromatic rings. The molecular weight excluding hydrogens is 956 g/mol. The van der Waals surface area contributed by atoms with Gasteiger partial charge in [-0.15, -0.1) is 0 Å². The quantitative estimate of drug-likeness (QED) is 0.133. The molecule has 4 rings (SSSR count). The highest BCUT2D eigenvalue weighted by Gasteiger charge is 2.58. The van der Waals surface area contributed by atoms with Gasteiger partial charge in [0.2, 0.25) is 0 Å². The first-order valence-corrected chi connectivity index (χ1v) is 22.5. The largest absolute Gasteiger partial charge is 0.492 e. The van der Waals surface area contributed by atoms with Crippen LogP contribution in [0.5, 0.6) is 0 Å². The molecule has 0 aromatic heterocycles. The molecule has 0 N–H and O–H groups in total. The summed E-state index contributed by atoms with van der Waals surface area (Å²) in [7, 11) is 0. The molecule has 0 spiro atoms. The number of rotatable bonds is 18. The van der Waals surface area contributed by atoms with E-state index in [1.165, 1.54) is 19.3 Å². The van der Waals surface area contributed by atoms with Crippen molar-refractivity contribution in [2.75, 3.05) is 13.2 Å². The summed E-state index contributed by atoms with van der Waals surface area (Å²) < 4.78 is 93.8. The van der Waals surface area contributed by atoms with E-state index in [1.807, 2.05) is 0 Å². The van der Waals surface area contributed by atoms with Crippen molar-refractivity contribution in [3.05, 3.63) is 12.3 Å². The average molecular weight is 1020 g/mol. The Morgan fingerprint density at radius 1 is 0.408 bits per heavy atom. The van der Waals surface area contributed by atoms with Crippen LogP contribution in [0.1, 0.15) is 89.5 Å². The van der Waals surface area contributed by atoms with Gasteiger partial charge in [0.05, 0.1) is 18.5 Å². The molecule has 1 aliphatic carbocycles. The maximum Gasteiger partial charge on any atom is 0.303 e. The minimum absolute atomic E-state index is 0.274.